The SMILES string of the molecule is CC1(CO)CC[C@]2(C(=O)O)CC[C@]3(C)[C@H](CC[C@@H]4[C@@]5(C)CC[C@H](O)C(C)(C)C5CC[C@]43C)[C@H]2C1. The quantitative estimate of drug-likeness (QED) is 0.440. The van der Waals surface area contributed by atoms with Crippen LogP contribution in [0.5, 0.6) is 0 Å². The summed E-state index contributed by atoms with van der Waals surface area (Å²) in [5, 5.41) is 31.7. The fraction of sp³-hybridized carbons (Fsp3) is 0.967. The van der Waals surface area contributed by atoms with E-state index in [1.54, 1.807) is 0 Å². The van der Waals surface area contributed by atoms with Crippen molar-refractivity contribution in [3.8, 4) is 0 Å². The Bertz CT molecular complexity index is 853. The lowest BCUT2D eigenvalue weighted by molar-refractivity contribution is -0.255. The standard InChI is InChI=1S/C30H50O4/c1-25(2)21-9-12-29(6)22(27(21,4)11-10-23(25)32)8-7-19-20-17-26(3,18-31)13-15-30(20,24(33)34)16-14-28(19,29)5/h19-23,31-32H,7-18H2,1-6H3,(H,33,34)/t19-,20-,21?,22-,23+,26?,27+,28-,29-,30+/m1/s1. The van der Waals surface area contributed by atoms with Crippen molar-refractivity contribution in [1.29, 1.82) is 0 Å². The third kappa shape index (κ3) is 2.93. The molecule has 0 spiro atoms. The van der Waals surface area contributed by atoms with Crippen molar-refractivity contribution in [2.75, 3.05) is 6.61 Å². The molecule has 5 aliphatic carbocycles. The lowest BCUT2D eigenvalue weighted by Crippen LogP contribution is -2.67. The maximum atomic E-state index is 12.8. The third-order valence-electron chi connectivity index (χ3n) is 13.9. The van der Waals surface area contributed by atoms with E-state index in [4.69, 9.17) is 0 Å². The topological polar surface area (TPSA) is 77.8 Å². The van der Waals surface area contributed by atoms with Gasteiger partial charge in [0.05, 0.1) is 11.5 Å². The average molecular weight is 475 g/mol. The minimum atomic E-state index is -0.597. The molecule has 4 nitrogen and oxygen atoms in total. The summed E-state index contributed by atoms with van der Waals surface area (Å²) in [6.45, 7) is 14.6. The van der Waals surface area contributed by atoms with Crippen LogP contribution in [0.4, 0.5) is 0 Å². The molecule has 2 unspecified atom stereocenters. The van der Waals surface area contributed by atoms with Crippen LogP contribution in [-0.2, 0) is 4.79 Å². The summed E-state index contributed by atoms with van der Waals surface area (Å²) in [6.07, 6.45) is 10.8. The molecule has 0 amide bonds. The lowest BCUT2D eigenvalue weighted by atomic mass is 9.31. The van der Waals surface area contributed by atoms with Crippen LogP contribution >= 0.6 is 0 Å². The van der Waals surface area contributed by atoms with Gasteiger partial charge in [0, 0.05) is 6.61 Å². The van der Waals surface area contributed by atoms with Gasteiger partial charge in [0.25, 0.3) is 0 Å². The number of rotatable bonds is 2. The number of fused-ring (bicyclic) bond motifs is 7. The fourth-order valence-electron chi connectivity index (χ4n) is 11.5. The van der Waals surface area contributed by atoms with Crippen LogP contribution in [0, 0.1) is 56.2 Å². The van der Waals surface area contributed by atoms with E-state index in [-0.39, 0.29) is 45.7 Å². The Morgan fingerprint density at radius 3 is 2.09 bits per heavy atom. The zero-order valence-corrected chi connectivity index (χ0v) is 22.6. The minimum Gasteiger partial charge on any atom is -0.481 e. The second kappa shape index (κ2) is 7.46. The Morgan fingerprint density at radius 1 is 0.765 bits per heavy atom. The molecule has 3 N–H and O–H groups in total. The number of carboxylic acids is 1. The highest BCUT2D eigenvalue weighted by Crippen LogP contribution is 2.77. The van der Waals surface area contributed by atoms with E-state index in [0.717, 1.165) is 51.4 Å². The second-order valence-corrected chi connectivity index (χ2v) is 15.3. The van der Waals surface area contributed by atoms with Crippen LogP contribution in [-0.4, -0.2) is 34.0 Å². The van der Waals surface area contributed by atoms with Crippen LogP contribution in [0.2, 0.25) is 0 Å². The predicted molar refractivity (Wildman–Crippen MR) is 134 cm³/mol. The molecule has 5 fully saturated rings. The van der Waals surface area contributed by atoms with Gasteiger partial charge in [-0.25, -0.2) is 0 Å². The number of carboxylic acid groups (broad SMARTS) is 1. The van der Waals surface area contributed by atoms with Crippen LogP contribution < -0.4 is 0 Å². The van der Waals surface area contributed by atoms with Crippen molar-refractivity contribution in [2.24, 2.45) is 56.2 Å². The number of hydrogen-bond acceptors (Lipinski definition) is 3. The van der Waals surface area contributed by atoms with Gasteiger partial charge in [-0.3, -0.25) is 4.79 Å². The van der Waals surface area contributed by atoms with Crippen molar-refractivity contribution < 1.29 is 20.1 Å². The largest absolute Gasteiger partial charge is 0.481 e. The molecule has 10 atom stereocenters. The summed E-state index contributed by atoms with van der Waals surface area (Å²) in [5.74, 6) is 1.20. The van der Waals surface area contributed by atoms with E-state index in [9.17, 15) is 20.1 Å². The first-order chi connectivity index (χ1) is 15.7. The molecule has 0 heterocycles. The molecule has 0 bridgehead atoms. The smallest absolute Gasteiger partial charge is 0.309 e. The predicted octanol–water partition coefficient (Wildman–Crippen LogP) is 6.29. The summed E-state index contributed by atoms with van der Waals surface area (Å²) in [4.78, 5) is 12.8. The van der Waals surface area contributed by atoms with Crippen molar-refractivity contribution in [2.45, 2.75) is 118 Å². The molecule has 0 aromatic rings. The van der Waals surface area contributed by atoms with E-state index < -0.39 is 11.4 Å². The van der Waals surface area contributed by atoms with Gasteiger partial charge in [-0.15, -0.1) is 0 Å². The summed E-state index contributed by atoms with van der Waals surface area (Å²) < 4.78 is 0. The lowest BCUT2D eigenvalue weighted by Gasteiger charge is -2.73. The van der Waals surface area contributed by atoms with Gasteiger partial charge in [0.15, 0.2) is 0 Å². The van der Waals surface area contributed by atoms with Crippen LogP contribution in [0.1, 0.15) is 112 Å². The Hall–Kier alpha value is -0.610. The highest BCUT2D eigenvalue weighted by Gasteiger charge is 2.71. The molecular weight excluding hydrogens is 424 g/mol. The van der Waals surface area contributed by atoms with Gasteiger partial charge >= 0.3 is 5.97 Å². The maximum absolute atomic E-state index is 12.8. The molecular formula is C30H50O4. The molecule has 0 aromatic heterocycles. The average Bonchev–Trinajstić information content (AvgIpc) is 2.77. The number of aliphatic carboxylic acids is 1. The van der Waals surface area contributed by atoms with Gasteiger partial charge in [-0.05, 0) is 121 Å². The first kappa shape index (κ1) is 25.1. The molecule has 194 valence electrons. The summed E-state index contributed by atoms with van der Waals surface area (Å²) in [7, 11) is 0. The highest BCUT2D eigenvalue weighted by molar-refractivity contribution is 5.75. The number of hydrogen-bond donors (Lipinski definition) is 3. The van der Waals surface area contributed by atoms with Crippen molar-refractivity contribution in [3.63, 3.8) is 0 Å². The van der Waals surface area contributed by atoms with Crippen LogP contribution in [0.25, 0.3) is 0 Å². The highest BCUT2D eigenvalue weighted by atomic mass is 16.4. The van der Waals surface area contributed by atoms with Gasteiger partial charge < -0.3 is 15.3 Å². The van der Waals surface area contributed by atoms with E-state index in [1.165, 1.54) is 19.3 Å². The molecule has 5 aliphatic rings. The number of aliphatic hydroxyl groups excluding tert-OH is 2. The third-order valence-corrected chi connectivity index (χ3v) is 13.9. The Balaban J connectivity index is 1.54. The van der Waals surface area contributed by atoms with Crippen molar-refractivity contribution in [3.05, 3.63) is 0 Å². The Kier molecular flexibility index (Phi) is 5.50. The van der Waals surface area contributed by atoms with E-state index in [1.807, 2.05) is 0 Å². The van der Waals surface area contributed by atoms with E-state index in [0.29, 0.717) is 17.8 Å². The Labute approximate surface area is 207 Å². The molecule has 5 rings (SSSR count). The van der Waals surface area contributed by atoms with Gasteiger partial charge in [-0.1, -0.05) is 41.5 Å². The van der Waals surface area contributed by atoms with Crippen molar-refractivity contribution in [1.82, 2.24) is 0 Å². The molecule has 5 saturated carbocycles. The Morgan fingerprint density at radius 2 is 1.44 bits per heavy atom. The number of carbonyl (C=O) groups is 1. The van der Waals surface area contributed by atoms with Crippen LogP contribution in [0.15, 0.2) is 0 Å². The fourth-order valence-corrected chi connectivity index (χ4v) is 11.5. The summed E-state index contributed by atoms with van der Waals surface area (Å²) in [5.41, 5.74) is -0.188. The number of aliphatic hydroxyl groups is 2. The first-order valence-electron chi connectivity index (χ1n) is 14.2. The summed E-state index contributed by atoms with van der Waals surface area (Å²) in [6, 6.07) is 0. The van der Waals surface area contributed by atoms with Gasteiger partial charge in [-0.2, -0.15) is 0 Å². The zero-order valence-electron chi connectivity index (χ0n) is 22.6. The summed E-state index contributed by atoms with van der Waals surface area (Å²) >= 11 is 0. The van der Waals surface area contributed by atoms with Gasteiger partial charge in [0.1, 0.15) is 0 Å². The van der Waals surface area contributed by atoms with Gasteiger partial charge in [0.2, 0.25) is 0 Å². The first-order valence-corrected chi connectivity index (χ1v) is 14.2. The molecule has 0 aromatic carbocycles. The second-order valence-electron chi connectivity index (χ2n) is 15.3. The molecule has 34 heavy (non-hydrogen) atoms. The molecule has 0 radical (unpaired) electrons. The van der Waals surface area contributed by atoms with E-state index in [2.05, 4.69) is 41.5 Å². The van der Waals surface area contributed by atoms with E-state index >= 15 is 0 Å². The normalized spacial score (nSPS) is 56.4. The molecule has 0 aliphatic heterocycles. The van der Waals surface area contributed by atoms with Crippen LogP contribution in [0.3, 0.4) is 0 Å². The molecule has 0 saturated heterocycles. The molecule has 4 heteroatoms. The van der Waals surface area contributed by atoms with Crippen molar-refractivity contribution >= 4 is 5.97 Å². The minimum absolute atomic E-state index is 0.0383. The maximum Gasteiger partial charge on any atom is 0.309 e. The zero-order chi connectivity index (χ0) is 24.9. The monoisotopic (exact) mass is 474 g/mol.